The van der Waals surface area contributed by atoms with Gasteiger partial charge in [-0.15, -0.1) is 0 Å². The molecule has 166 valence electrons. The van der Waals surface area contributed by atoms with E-state index >= 15 is 0 Å². The smallest absolute Gasteiger partial charge is 0.759 e. The summed E-state index contributed by atoms with van der Waals surface area (Å²) in [5, 5.41) is 18.3. The number of aliphatic hydroxyl groups is 2. The Morgan fingerprint density at radius 2 is 1.21 bits per heavy atom. The van der Waals surface area contributed by atoms with Crippen LogP contribution < -0.4 is 59.1 Å². The van der Waals surface area contributed by atoms with Gasteiger partial charge in [-0.25, -0.2) is 0 Å². The summed E-state index contributed by atoms with van der Waals surface area (Å²) >= 11 is 0. The molecule has 0 aliphatic heterocycles. The average molecular weight is 461 g/mol. The standard InChI is InChI=1S/C18H38O4.2Na.H2O4S/c1-2-3-4-5-6-7-8-9-10-11-12-18(20)17-22-16-15-21-14-13-19;;;1-5(2,3)4/h18-20H,2-17H2,1H3;;;(H2,1,2,3,4)/q;2*+1;/p-2. The number of rotatable bonds is 18. The van der Waals surface area contributed by atoms with Crippen LogP contribution in [0.25, 0.3) is 0 Å². The molecule has 0 spiro atoms. The summed E-state index contributed by atoms with van der Waals surface area (Å²) in [5.74, 6) is 0. The minimum Gasteiger partial charge on any atom is -0.759 e. The molecule has 0 fully saturated rings. The van der Waals surface area contributed by atoms with Crippen molar-refractivity contribution in [3.05, 3.63) is 0 Å². The first-order valence-corrected chi connectivity index (χ1v) is 11.3. The minimum atomic E-state index is -5.17. The molecule has 29 heavy (non-hydrogen) atoms. The second-order valence-electron chi connectivity index (χ2n) is 6.44. The Balaban J connectivity index is -0.000000396. The van der Waals surface area contributed by atoms with E-state index in [9.17, 15) is 5.11 Å². The van der Waals surface area contributed by atoms with Gasteiger partial charge in [0, 0.05) is 10.4 Å². The van der Waals surface area contributed by atoms with Crippen molar-refractivity contribution in [2.45, 2.75) is 83.7 Å². The van der Waals surface area contributed by atoms with E-state index in [-0.39, 0.29) is 71.8 Å². The largest absolute Gasteiger partial charge is 1.00 e. The van der Waals surface area contributed by atoms with Crippen molar-refractivity contribution < 1.29 is 96.3 Å². The van der Waals surface area contributed by atoms with Crippen molar-refractivity contribution in [2.75, 3.05) is 33.0 Å². The summed E-state index contributed by atoms with van der Waals surface area (Å²) < 4.78 is 44.5. The van der Waals surface area contributed by atoms with E-state index in [0.717, 1.165) is 12.8 Å². The zero-order valence-corrected chi connectivity index (χ0v) is 23.5. The zero-order chi connectivity index (χ0) is 20.8. The van der Waals surface area contributed by atoms with Gasteiger partial charge < -0.3 is 28.8 Å². The molecule has 0 saturated carbocycles. The molecule has 0 radical (unpaired) electrons. The first kappa shape index (κ1) is 38.0. The van der Waals surface area contributed by atoms with Crippen molar-refractivity contribution >= 4 is 10.4 Å². The molecule has 2 N–H and O–H groups in total. The topological polar surface area (TPSA) is 139 Å². The van der Waals surface area contributed by atoms with Gasteiger partial charge >= 0.3 is 59.1 Å². The van der Waals surface area contributed by atoms with Gasteiger partial charge in [0.05, 0.1) is 39.1 Å². The third-order valence-corrected chi connectivity index (χ3v) is 3.81. The van der Waals surface area contributed by atoms with Crippen LogP contribution in [-0.4, -0.2) is 66.9 Å². The molecule has 0 rings (SSSR count). The number of hydrogen-bond acceptors (Lipinski definition) is 8. The van der Waals surface area contributed by atoms with Crippen LogP contribution in [0.15, 0.2) is 0 Å². The van der Waals surface area contributed by atoms with Crippen molar-refractivity contribution in [3.63, 3.8) is 0 Å². The summed E-state index contributed by atoms with van der Waals surface area (Å²) in [4.78, 5) is 0. The van der Waals surface area contributed by atoms with E-state index in [2.05, 4.69) is 6.92 Å². The summed E-state index contributed by atoms with van der Waals surface area (Å²) in [7, 11) is -5.17. The van der Waals surface area contributed by atoms with Crippen molar-refractivity contribution in [2.24, 2.45) is 0 Å². The fourth-order valence-electron chi connectivity index (χ4n) is 2.45. The molecule has 1 unspecified atom stereocenters. The van der Waals surface area contributed by atoms with Gasteiger partial charge in [0.25, 0.3) is 0 Å². The molecule has 1 atom stereocenters. The molecule has 11 heteroatoms. The van der Waals surface area contributed by atoms with Crippen LogP contribution >= 0.6 is 0 Å². The second kappa shape index (κ2) is 29.7. The van der Waals surface area contributed by atoms with Gasteiger partial charge in [0.1, 0.15) is 0 Å². The first-order valence-electron chi connectivity index (χ1n) is 9.92. The van der Waals surface area contributed by atoms with Crippen molar-refractivity contribution in [1.29, 1.82) is 0 Å². The molecule has 8 nitrogen and oxygen atoms in total. The summed E-state index contributed by atoms with van der Waals surface area (Å²) in [6.45, 7) is 4.00. The maximum absolute atomic E-state index is 9.77. The van der Waals surface area contributed by atoms with E-state index in [1.54, 1.807) is 0 Å². The zero-order valence-electron chi connectivity index (χ0n) is 18.6. The second-order valence-corrected chi connectivity index (χ2v) is 7.26. The Morgan fingerprint density at radius 1 is 0.793 bits per heavy atom. The molecular weight excluding hydrogens is 422 g/mol. The molecule has 0 aliphatic rings. The number of aliphatic hydroxyl groups excluding tert-OH is 2. The van der Waals surface area contributed by atoms with Crippen LogP contribution in [0.5, 0.6) is 0 Å². The average Bonchev–Trinajstić information content (AvgIpc) is 2.58. The molecule has 0 aromatic heterocycles. The van der Waals surface area contributed by atoms with E-state index in [1.165, 1.54) is 57.8 Å². The van der Waals surface area contributed by atoms with Crippen molar-refractivity contribution in [3.8, 4) is 0 Å². The monoisotopic (exact) mass is 460 g/mol. The van der Waals surface area contributed by atoms with Crippen LogP contribution in [0.1, 0.15) is 77.6 Å². The maximum atomic E-state index is 9.77. The van der Waals surface area contributed by atoms with Gasteiger partial charge in [-0.3, -0.25) is 8.42 Å². The van der Waals surface area contributed by atoms with Gasteiger partial charge in [-0.1, -0.05) is 71.1 Å². The van der Waals surface area contributed by atoms with E-state index in [1.807, 2.05) is 0 Å². The normalized spacial score (nSPS) is 11.6. The molecule has 0 bridgehead atoms. The molecule has 0 aliphatic carbocycles. The SMILES string of the molecule is CCCCCCCCCCCCC(O)COCCOCCO.O=S(=O)([O-])[O-].[Na+].[Na+]. The predicted octanol–water partition coefficient (Wildman–Crippen LogP) is -3.65. The number of ether oxygens (including phenoxy) is 2. The third-order valence-electron chi connectivity index (χ3n) is 3.81. The van der Waals surface area contributed by atoms with Gasteiger partial charge in [0.15, 0.2) is 0 Å². The Kier molecular flexibility index (Phi) is 38.9. The molecule has 0 aromatic rings. The Hall–Kier alpha value is 1.71. The number of unbranched alkanes of at least 4 members (excludes halogenated alkanes) is 9. The Bertz CT molecular complexity index is 378. The van der Waals surface area contributed by atoms with Gasteiger partial charge in [0.2, 0.25) is 0 Å². The fourth-order valence-corrected chi connectivity index (χ4v) is 2.45. The fraction of sp³-hybridized carbons (Fsp3) is 1.00. The maximum Gasteiger partial charge on any atom is 1.00 e. The molecular formula is C18H38Na2O8S. The quantitative estimate of drug-likeness (QED) is 0.0924. The predicted molar refractivity (Wildman–Crippen MR) is 102 cm³/mol. The van der Waals surface area contributed by atoms with Crippen LogP contribution in [-0.2, 0) is 19.9 Å². The Labute approximate surface area is 221 Å². The van der Waals surface area contributed by atoms with Crippen molar-refractivity contribution in [1.82, 2.24) is 0 Å². The van der Waals surface area contributed by atoms with Crippen LogP contribution in [0.3, 0.4) is 0 Å². The molecule has 0 saturated heterocycles. The van der Waals surface area contributed by atoms with E-state index in [0.29, 0.717) is 26.4 Å². The molecule has 0 heterocycles. The van der Waals surface area contributed by atoms with E-state index < -0.39 is 10.4 Å². The van der Waals surface area contributed by atoms with Crippen LogP contribution in [0.2, 0.25) is 0 Å². The first-order chi connectivity index (χ1) is 12.8. The van der Waals surface area contributed by atoms with Gasteiger partial charge in [-0.05, 0) is 6.42 Å². The van der Waals surface area contributed by atoms with E-state index in [4.69, 9.17) is 32.1 Å². The molecule has 0 amide bonds. The summed E-state index contributed by atoms with van der Waals surface area (Å²) in [6.07, 6.45) is 13.6. The number of hydrogen-bond donors (Lipinski definition) is 2. The minimum absolute atomic E-state index is 0. The van der Waals surface area contributed by atoms with Crippen LogP contribution in [0.4, 0.5) is 0 Å². The Morgan fingerprint density at radius 3 is 1.66 bits per heavy atom. The van der Waals surface area contributed by atoms with Crippen LogP contribution in [0, 0.1) is 0 Å². The van der Waals surface area contributed by atoms with Gasteiger partial charge in [-0.2, -0.15) is 0 Å². The summed E-state index contributed by atoms with van der Waals surface area (Å²) in [6, 6.07) is 0. The molecule has 0 aromatic carbocycles. The third kappa shape index (κ3) is 48.4. The summed E-state index contributed by atoms with van der Waals surface area (Å²) in [5.41, 5.74) is 0.